The highest BCUT2D eigenvalue weighted by atomic mass is 19.1. The highest BCUT2D eigenvalue weighted by Crippen LogP contribution is 2.23. The van der Waals surface area contributed by atoms with Crippen molar-refractivity contribution in [2.75, 3.05) is 6.54 Å². The zero-order valence-electron chi connectivity index (χ0n) is 7.31. The number of hydrogen-bond donors (Lipinski definition) is 2. The van der Waals surface area contributed by atoms with Gasteiger partial charge in [0.05, 0.1) is 10.5 Å². The van der Waals surface area contributed by atoms with Gasteiger partial charge in [0.2, 0.25) is 0 Å². The highest BCUT2D eigenvalue weighted by molar-refractivity contribution is 5.42. The van der Waals surface area contributed by atoms with Gasteiger partial charge >= 0.3 is 0 Å². The van der Waals surface area contributed by atoms with Gasteiger partial charge < -0.3 is 11.5 Å². The molecule has 0 aliphatic heterocycles. The standard InChI is InChI=1S/C8H10FN3O2/c9-5-1-2-8(12(13)14)6(3-5)7(11)4-10/h1-3,7H,4,10-11H2/t7-/m1/s1. The number of nitro groups is 1. The summed E-state index contributed by atoms with van der Waals surface area (Å²) < 4.78 is 12.8. The Labute approximate surface area is 79.7 Å². The third-order valence-electron chi connectivity index (χ3n) is 1.84. The average molecular weight is 199 g/mol. The first-order valence-electron chi connectivity index (χ1n) is 3.95. The maximum Gasteiger partial charge on any atom is 0.274 e. The van der Waals surface area contributed by atoms with Crippen molar-refractivity contribution in [2.45, 2.75) is 6.04 Å². The molecule has 0 amide bonds. The van der Waals surface area contributed by atoms with Gasteiger partial charge in [0.25, 0.3) is 5.69 Å². The second-order valence-electron chi connectivity index (χ2n) is 2.80. The van der Waals surface area contributed by atoms with Crippen LogP contribution in [0, 0.1) is 15.9 Å². The fraction of sp³-hybridized carbons (Fsp3) is 0.250. The van der Waals surface area contributed by atoms with E-state index in [0.29, 0.717) is 0 Å². The van der Waals surface area contributed by atoms with Crippen LogP contribution in [0.5, 0.6) is 0 Å². The lowest BCUT2D eigenvalue weighted by atomic mass is 10.1. The smallest absolute Gasteiger partial charge is 0.274 e. The summed E-state index contributed by atoms with van der Waals surface area (Å²) in [4.78, 5) is 9.93. The van der Waals surface area contributed by atoms with Crippen LogP contribution >= 0.6 is 0 Å². The molecule has 0 saturated carbocycles. The van der Waals surface area contributed by atoms with E-state index in [1.165, 1.54) is 0 Å². The fourth-order valence-electron chi connectivity index (χ4n) is 1.12. The first-order valence-corrected chi connectivity index (χ1v) is 3.95. The van der Waals surface area contributed by atoms with Crippen LogP contribution in [0.25, 0.3) is 0 Å². The molecule has 0 bridgehead atoms. The van der Waals surface area contributed by atoms with Gasteiger partial charge in [0, 0.05) is 18.7 Å². The minimum absolute atomic E-state index is 0.0320. The maximum absolute atomic E-state index is 12.8. The molecule has 6 heteroatoms. The monoisotopic (exact) mass is 199 g/mol. The first kappa shape index (κ1) is 10.6. The summed E-state index contributed by atoms with van der Waals surface area (Å²) in [5.74, 6) is -0.561. The predicted octanol–water partition coefficient (Wildman–Crippen LogP) is 0.692. The predicted molar refractivity (Wildman–Crippen MR) is 49.0 cm³/mol. The van der Waals surface area contributed by atoms with E-state index >= 15 is 0 Å². The third-order valence-corrected chi connectivity index (χ3v) is 1.84. The fourth-order valence-corrected chi connectivity index (χ4v) is 1.12. The van der Waals surface area contributed by atoms with Crippen LogP contribution < -0.4 is 11.5 Å². The van der Waals surface area contributed by atoms with Crippen LogP contribution in [0.1, 0.15) is 11.6 Å². The summed E-state index contributed by atoms with van der Waals surface area (Å²) in [6.07, 6.45) is 0. The summed E-state index contributed by atoms with van der Waals surface area (Å²) in [5, 5.41) is 10.5. The SMILES string of the molecule is NC[C@@H](N)c1cc(F)ccc1[N+](=O)[O-]. The lowest BCUT2D eigenvalue weighted by molar-refractivity contribution is -0.385. The molecule has 0 fully saturated rings. The molecule has 0 spiro atoms. The number of benzene rings is 1. The largest absolute Gasteiger partial charge is 0.329 e. The summed E-state index contributed by atoms with van der Waals surface area (Å²) in [5.41, 5.74) is 10.7. The van der Waals surface area contributed by atoms with E-state index in [1.807, 2.05) is 0 Å². The van der Waals surface area contributed by atoms with Gasteiger partial charge in [0.1, 0.15) is 5.82 Å². The Morgan fingerprint density at radius 3 is 2.71 bits per heavy atom. The number of nitro benzene ring substituents is 1. The molecule has 1 aromatic rings. The second-order valence-corrected chi connectivity index (χ2v) is 2.80. The van der Waals surface area contributed by atoms with E-state index in [-0.39, 0.29) is 17.8 Å². The van der Waals surface area contributed by atoms with Crippen molar-refractivity contribution in [1.29, 1.82) is 0 Å². The average Bonchev–Trinajstić information content (AvgIpc) is 2.16. The van der Waals surface area contributed by atoms with Crippen LogP contribution in [0.15, 0.2) is 18.2 Å². The molecular weight excluding hydrogens is 189 g/mol. The van der Waals surface area contributed by atoms with Gasteiger partial charge in [-0.3, -0.25) is 10.1 Å². The zero-order valence-corrected chi connectivity index (χ0v) is 7.31. The van der Waals surface area contributed by atoms with Crippen molar-refractivity contribution in [2.24, 2.45) is 11.5 Å². The molecule has 0 aliphatic carbocycles. The molecule has 14 heavy (non-hydrogen) atoms. The van der Waals surface area contributed by atoms with E-state index in [4.69, 9.17) is 11.5 Å². The summed E-state index contributed by atoms with van der Waals surface area (Å²) in [7, 11) is 0. The van der Waals surface area contributed by atoms with Crippen molar-refractivity contribution < 1.29 is 9.31 Å². The van der Waals surface area contributed by atoms with E-state index in [9.17, 15) is 14.5 Å². The molecule has 0 radical (unpaired) electrons. The highest BCUT2D eigenvalue weighted by Gasteiger charge is 2.18. The van der Waals surface area contributed by atoms with Crippen molar-refractivity contribution in [3.05, 3.63) is 39.7 Å². The number of nitrogens with zero attached hydrogens (tertiary/aromatic N) is 1. The minimum Gasteiger partial charge on any atom is -0.329 e. The van der Waals surface area contributed by atoms with Crippen molar-refractivity contribution in [1.82, 2.24) is 0 Å². The lowest BCUT2D eigenvalue weighted by Gasteiger charge is -2.09. The Morgan fingerprint density at radius 1 is 1.57 bits per heavy atom. The van der Waals surface area contributed by atoms with E-state index in [0.717, 1.165) is 18.2 Å². The number of hydrogen-bond acceptors (Lipinski definition) is 4. The molecule has 1 aromatic carbocycles. The molecule has 0 heterocycles. The van der Waals surface area contributed by atoms with Crippen LogP contribution in [0.3, 0.4) is 0 Å². The lowest BCUT2D eigenvalue weighted by Crippen LogP contribution is -2.21. The summed E-state index contributed by atoms with van der Waals surface area (Å²) >= 11 is 0. The second kappa shape index (κ2) is 4.12. The van der Waals surface area contributed by atoms with E-state index < -0.39 is 16.8 Å². The van der Waals surface area contributed by atoms with Gasteiger partial charge in [-0.2, -0.15) is 0 Å². The molecule has 76 valence electrons. The molecular formula is C8H10FN3O2. The Bertz CT molecular complexity index is 356. The Balaban J connectivity index is 3.22. The van der Waals surface area contributed by atoms with Crippen LogP contribution in [0.4, 0.5) is 10.1 Å². The van der Waals surface area contributed by atoms with E-state index in [2.05, 4.69) is 0 Å². The molecule has 5 nitrogen and oxygen atoms in total. The Morgan fingerprint density at radius 2 is 2.21 bits per heavy atom. The molecule has 0 saturated heterocycles. The van der Waals surface area contributed by atoms with Crippen LogP contribution in [-0.2, 0) is 0 Å². The normalized spacial score (nSPS) is 12.5. The minimum atomic E-state index is -0.717. The number of nitrogens with two attached hydrogens (primary N) is 2. The summed E-state index contributed by atoms with van der Waals surface area (Å²) in [6.45, 7) is 0.0320. The van der Waals surface area contributed by atoms with Gasteiger partial charge in [-0.25, -0.2) is 4.39 Å². The van der Waals surface area contributed by atoms with Crippen LogP contribution in [0.2, 0.25) is 0 Å². The zero-order chi connectivity index (χ0) is 10.7. The first-order chi connectivity index (χ1) is 6.56. The molecule has 0 unspecified atom stereocenters. The molecule has 4 N–H and O–H groups in total. The number of halogens is 1. The molecule has 1 atom stereocenters. The quantitative estimate of drug-likeness (QED) is 0.553. The van der Waals surface area contributed by atoms with Crippen molar-refractivity contribution in [3.8, 4) is 0 Å². The van der Waals surface area contributed by atoms with Crippen molar-refractivity contribution in [3.63, 3.8) is 0 Å². The van der Waals surface area contributed by atoms with Gasteiger partial charge in [0.15, 0.2) is 0 Å². The molecule has 0 aliphatic rings. The van der Waals surface area contributed by atoms with Crippen molar-refractivity contribution >= 4 is 5.69 Å². The van der Waals surface area contributed by atoms with Gasteiger partial charge in [-0.05, 0) is 12.1 Å². The Kier molecular flexibility index (Phi) is 3.10. The van der Waals surface area contributed by atoms with Gasteiger partial charge in [-0.1, -0.05) is 0 Å². The number of rotatable bonds is 3. The summed E-state index contributed by atoms with van der Waals surface area (Å²) in [6, 6.07) is 2.42. The van der Waals surface area contributed by atoms with E-state index in [1.54, 1.807) is 0 Å². The maximum atomic E-state index is 12.8. The van der Waals surface area contributed by atoms with Crippen LogP contribution in [-0.4, -0.2) is 11.5 Å². The van der Waals surface area contributed by atoms with Gasteiger partial charge in [-0.15, -0.1) is 0 Å². The topological polar surface area (TPSA) is 95.2 Å². The molecule has 0 aromatic heterocycles. The Hall–Kier alpha value is -1.53. The molecule has 1 rings (SSSR count). The third kappa shape index (κ3) is 2.04.